The molecular formula is C23H33N4O3+. The summed E-state index contributed by atoms with van der Waals surface area (Å²) in [5.41, 5.74) is 0.404. The Kier molecular flexibility index (Phi) is 4.36. The molecule has 3 aliphatic heterocycles. The number of anilines is 1. The van der Waals surface area contributed by atoms with E-state index in [0.717, 1.165) is 58.1 Å². The Morgan fingerprint density at radius 1 is 1.23 bits per heavy atom. The maximum absolute atomic E-state index is 12.9. The SMILES string of the molecule is C[C@]12CCC[C@@]3(CO3)[C@@H]1C[C@H]1[C@@H](C2)OC(=O)[C@@H]1C[NH+]1CCN(c2ncccn2)CC1. The number of carbonyl (C=O) groups excluding carboxylic acids is 1. The van der Waals surface area contributed by atoms with Crippen LogP contribution in [0.25, 0.3) is 0 Å². The van der Waals surface area contributed by atoms with Crippen LogP contribution < -0.4 is 9.80 Å². The van der Waals surface area contributed by atoms with Crippen LogP contribution in [0.2, 0.25) is 0 Å². The number of esters is 1. The molecule has 2 aliphatic carbocycles. The number of hydrogen-bond donors (Lipinski definition) is 1. The van der Waals surface area contributed by atoms with E-state index in [1.807, 2.05) is 6.07 Å². The Morgan fingerprint density at radius 3 is 2.73 bits per heavy atom. The van der Waals surface area contributed by atoms with Crippen molar-refractivity contribution in [2.45, 2.75) is 50.7 Å². The summed E-state index contributed by atoms with van der Waals surface area (Å²) in [6.45, 7) is 8.17. The third kappa shape index (κ3) is 3.04. The molecule has 1 spiro atoms. The lowest BCUT2D eigenvalue weighted by Gasteiger charge is -2.51. The van der Waals surface area contributed by atoms with E-state index in [4.69, 9.17) is 9.47 Å². The van der Waals surface area contributed by atoms with Crippen molar-refractivity contribution < 1.29 is 19.2 Å². The fourth-order valence-electron chi connectivity index (χ4n) is 7.18. The molecule has 0 radical (unpaired) electrons. The van der Waals surface area contributed by atoms with Gasteiger partial charge in [0.15, 0.2) is 0 Å². The van der Waals surface area contributed by atoms with Crippen LogP contribution in [-0.4, -0.2) is 67.0 Å². The third-order valence-electron chi connectivity index (χ3n) is 8.89. The first-order chi connectivity index (χ1) is 14.6. The minimum atomic E-state index is 0.0480. The summed E-state index contributed by atoms with van der Waals surface area (Å²) in [6.07, 6.45) is 9.57. The van der Waals surface area contributed by atoms with Crippen LogP contribution in [0.4, 0.5) is 5.95 Å². The molecule has 30 heavy (non-hydrogen) atoms. The van der Waals surface area contributed by atoms with Crippen LogP contribution in [0.1, 0.15) is 39.0 Å². The Balaban J connectivity index is 1.12. The standard InChI is InChI=1S/C23H32N4O3/c1-22-4-2-5-23(15-29-23)19(22)12-16-17(20(28)30-18(16)13-22)14-26-8-10-27(11-9-26)21-24-6-3-7-25-21/h3,6-7,16-19H,2,4-5,8-15H2,1H3/p+1/t16-,17-,18-,19-,22-,23-/m1/s1. The molecule has 0 aromatic carbocycles. The largest absolute Gasteiger partial charge is 0.462 e. The topological polar surface area (TPSA) is 72.3 Å². The lowest BCUT2D eigenvalue weighted by molar-refractivity contribution is -0.903. The highest BCUT2D eigenvalue weighted by Gasteiger charge is 2.65. The number of carbonyl (C=O) groups is 1. The Labute approximate surface area is 178 Å². The van der Waals surface area contributed by atoms with E-state index in [0.29, 0.717) is 11.8 Å². The van der Waals surface area contributed by atoms with Gasteiger partial charge in [-0.05, 0) is 49.5 Å². The van der Waals surface area contributed by atoms with E-state index in [-0.39, 0.29) is 29.0 Å². The maximum Gasteiger partial charge on any atom is 0.315 e. The van der Waals surface area contributed by atoms with Gasteiger partial charge in [-0.2, -0.15) is 0 Å². The van der Waals surface area contributed by atoms with E-state index in [1.54, 1.807) is 12.4 Å². The summed E-state index contributed by atoms with van der Waals surface area (Å²) in [6, 6.07) is 1.85. The molecule has 5 fully saturated rings. The van der Waals surface area contributed by atoms with Crippen LogP contribution in [0.3, 0.4) is 0 Å². The monoisotopic (exact) mass is 413 g/mol. The zero-order chi connectivity index (χ0) is 20.3. The van der Waals surface area contributed by atoms with E-state index < -0.39 is 0 Å². The molecule has 162 valence electrons. The second-order valence-corrected chi connectivity index (χ2v) is 10.6. The minimum absolute atomic E-state index is 0.0480. The zero-order valence-corrected chi connectivity index (χ0v) is 17.9. The van der Waals surface area contributed by atoms with E-state index >= 15 is 0 Å². The average Bonchev–Trinajstić information content (AvgIpc) is 3.46. The van der Waals surface area contributed by atoms with Crippen molar-refractivity contribution in [3.05, 3.63) is 18.5 Å². The molecule has 4 heterocycles. The summed E-state index contributed by atoms with van der Waals surface area (Å²) in [4.78, 5) is 25.4. The Bertz CT molecular complexity index is 808. The van der Waals surface area contributed by atoms with Gasteiger partial charge in [0, 0.05) is 18.3 Å². The molecule has 3 saturated heterocycles. The van der Waals surface area contributed by atoms with E-state index in [9.17, 15) is 4.79 Å². The zero-order valence-electron chi connectivity index (χ0n) is 17.9. The Hall–Kier alpha value is -1.73. The lowest BCUT2D eigenvalue weighted by Crippen LogP contribution is -3.15. The maximum atomic E-state index is 12.9. The molecule has 7 nitrogen and oxygen atoms in total. The first-order valence-electron chi connectivity index (χ1n) is 11.8. The number of hydrogen-bond acceptors (Lipinski definition) is 6. The number of nitrogens with one attached hydrogen (secondary N) is 1. The van der Waals surface area contributed by atoms with Gasteiger partial charge in [-0.25, -0.2) is 9.97 Å². The summed E-state index contributed by atoms with van der Waals surface area (Å²) >= 11 is 0. The van der Waals surface area contributed by atoms with Gasteiger partial charge >= 0.3 is 5.97 Å². The highest BCUT2D eigenvalue weighted by Crippen LogP contribution is 2.62. The van der Waals surface area contributed by atoms with Crippen molar-refractivity contribution in [3.8, 4) is 0 Å². The highest BCUT2D eigenvalue weighted by molar-refractivity contribution is 5.75. The molecule has 6 atom stereocenters. The quantitative estimate of drug-likeness (QED) is 0.581. The lowest BCUT2D eigenvalue weighted by atomic mass is 9.53. The number of fused-ring (bicyclic) bond motifs is 3. The van der Waals surface area contributed by atoms with Crippen LogP contribution >= 0.6 is 0 Å². The number of aromatic nitrogens is 2. The summed E-state index contributed by atoms with van der Waals surface area (Å²) in [5, 5.41) is 0. The van der Waals surface area contributed by atoms with Crippen LogP contribution in [-0.2, 0) is 14.3 Å². The van der Waals surface area contributed by atoms with Crippen molar-refractivity contribution in [1.29, 1.82) is 0 Å². The van der Waals surface area contributed by atoms with E-state index in [1.165, 1.54) is 24.2 Å². The van der Waals surface area contributed by atoms with Gasteiger partial charge in [0.25, 0.3) is 0 Å². The third-order valence-corrected chi connectivity index (χ3v) is 8.89. The average molecular weight is 414 g/mol. The minimum Gasteiger partial charge on any atom is -0.462 e. The molecular weight excluding hydrogens is 380 g/mol. The summed E-state index contributed by atoms with van der Waals surface area (Å²) in [5.74, 6) is 1.89. The fourth-order valence-corrected chi connectivity index (χ4v) is 7.18. The molecule has 1 aromatic rings. The molecule has 0 amide bonds. The van der Waals surface area contributed by atoms with Gasteiger partial charge in [-0.1, -0.05) is 6.92 Å². The van der Waals surface area contributed by atoms with Gasteiger partial charge in [0.2, 0.25) is 5.95 Å². The predicted molar refractivity (Wildman–Crippen MR) is 110 cm³/mol. The molecule has 0 bridgehead atoms. The van der Waals surface area contributed by atoms with Crippen molar-refractivity contribution in [1.82, 2.24) is 9.97 Å². The number of quaternary nitrogens is 1. The molecule has 1 aromatic heterocycles. The molecule has 6 rings (SSSR count). The first kappa shape index (κ1) is 19.0. The molecule has 7 heteroatoms. The van der Waals surface area contributed by atoms with Gasteiger partial charge in [0.1, 0.15) is 12.0 Å². The number of nitrogens with zero attached hydrogens (tertiary/aromatic N) is 3. The number of piperazine rings is 1. The normalized spacial score (nSPS) is 43.2. The van der Waals surface area contributed by atoms with Crippen molar-refractivity contribution in [2.75, 3.05) is 44.2 Å². The number of epoxide rings is 1. The summed E-state index contributed by atoms with van der Waals surface area (Å²) in [7, 11) is 0. The fraction of sp³-hybridized carbons (Fsp3) is 0.783. The van der Waals surface area contributed by atoms with Crippen LogP contribution in [0.15, 0.2) is 18.5 Å². The molecule has 2 saturated carbocycles. The van der Waals surface area contributed by atoms with Crippen LogP contribution in [0.5, 0.6) is 0 Å². The molecule has 1 N–H and O–H groups in total. The molecule has 0 unspecified atom stereocenters. The number of ether oxygens (including phenoxy) is 2. The summed E-state index contributed by atoms with van der Waals surface area (Å²) < 4.78 is 12.0. The highest BCUT2D eigenvalue weighted by atomic mass is 16.6. The smallest absolute Gasteiger partial charge is 0.315 e. The van der Waals surface area contributed by atoms with Crippen LogP contribution in [0, 0.1) is 23.2 Å². The van der Waals surface area contributed by atoms with Crippen molar-refractivity contribution in [3.63, 3.8) is 0 Å². The molecule has 5 aliphatic rings. The predicted octanol–water partition coefficient (Wildman–Crippen LogP) is 0.709. The van der Waals surface area contributed by atoms with E-state index in [2.05, 4.69) is 21.8 Å². The van der Waals surface area contributed by atoms with Crippen molar-refractivity contribution >= 4 is 11.9 Å². The Morgan fingerprint density at radius 2 is 2.00 bits per heavy atom. The van der Waals surface area contributed by atoms with Gasteiger partial charge < -0.3 is 19.3 Å². The second kappa shape index (κ2) is 6.89. The second-order valence-electron chi connectivity index (χ2n) is 10.6. The number of rotatable bonds is 3. The van der Waals surface area contributed by atoms with Crippen molar-refractivity contribution in [2.24, 2.45) is 23.2 Å². The van der Waals surface area contributed by atoms with Gasteiger partial charge in [-0.3, -0.25) is 4.79 Å². The first-order valence-corrected chi connectivity index (χ1v) is 11.8. The van der Waals surface area contributed by atoms with Gasteiger partial charge in [0.05, 0.1) is 44.9 Å². The van der Waals surface area contributed by atoms with Gasteiger partial charge in [-0.15, -0.1) is 0 Å².